The van der Waals surface area contributed by atoms with Gasteiger partial charge < -0.3 is 10.4 Å². The molecule has 0 aromatic heterocycles. The van der Waals surface area contributed by atoms with Gasteiger partial charge in [-0.05, 0) is 24.8 Å². The third kappa shape index (κ3) is 7.13. The van der Waals surface area contributed by atoms with Crippen LogP contribution in [0, 0.1) is 11.8 Å². The Labute approximate surface area is 113 Å². The number of aliphatic hydroxyl groups excluding tert-OH is 1. The van der Waals surface area contributed by atoms with Crippen molar-refractivity contribution in [2.24, 2.45) is 11.8 Å². The maximum absolute atomic E-state index is 12.5. The number of β-amino-alcohol motifs (C(OH)–C–C–N with tert-alkyl or cyclic N) is 1. The SMILES string of the molecule is CC(C)CNC1CC(CC(F)(F)F)CN(CCO)C1. The average molecular weight is 282 g/mol. The lowest BCUT2D eigenvalue weighted by atomic mass is 9.91. The van der Waals surface area contributed by atoms with Crippen molar-refractivity contribution in [2.75, 3.05) is 32.8 Å². The third-order valence-corrected chi connectivity index (χ3v) is 3.36. The van der Waals surface area contributed by atoms with Gasteiger partial charge in [-0.15, -0.1) is 0 Å². The Balaban J connectivity index is 2.52. The maximum atomic E-state index is 12.5. The molecule has 1 aliphatic rings. The van der Waals surface area contributed by atoms with Gasteiger partial charge in [0.2, 0.25) is 0 Å². The summed E-state index contributed by atoms with van der Waals surface area (Å²) >= 11 is 0. The monoisotopic (exact) mass is 282 g/mol. The smallest absolute Gasteiger partial charge is 0.389 e. The molecule has 2 N–H and O–H groups in total. The first-order chi connectivity index (χ1) is 8.80. The lowest BCUT2D eigenvalue weighted by Gasteiger charge is -2.38. The molecule has 2 unspecified atom stereocenters. The Morgan fingerprint density at radius 3 is 2.53 bits per heavy atom. The van der Waals surface area contributed by atoms with Crippen molar-refractivity contribution in [3.63, 3.8) is 0 Å². The van der Waals surface area contributed by atoms with Gasteiger partial charge in [-0.1, -0.05) is 13.8 Å². The van der Waals surface area contributed by atoms with Crippen LogP contribution in [0.15, 0.2) is 0 Å². The molecule has 1 heterocycles. The van der Waals surface area contributed by atoms with Crippen LogP contribution in [0.25, 0.3) is 0 Å². The van der Waals surface area contributed by atoms with Crippen LogP contribution < -0.4 is 5.32 Å². The van der Waals surface area contributed by atoms with Gasteiger partial charge in [0.05, 0.1) is 6.61 Å². The first-order valence-electron chi connectivity index (χ1n) is 6.93. The molecule has 0 amide bonds. The number of hydrogen-bond acceptors (Lipinski definition) is 3. The topological polar surface area (TPSA) is 35.5 Å². The van der Waals surface area contributed by atoms with Gasteiger partial charge in [-0.25, -0.2) is 0 Å². The molecule has 0 spiro atoms. The molecule has 0 radical (unpaired) electrons. The fraction of sp³-hybridized carbons (Fsp3) is 1.00. The highest BCUT2D eigenvalue weighted by Gasteiger charge is 2.36. The third-order valence-electron chi connectivity index (χ3n) is 3.36. The van der Waals surface area contributed by atoms with E-state index in [4.69, 9.17) is 5.11 Å². The number of likely N-dealkylation sites (tertiary alicyclic amines) is 1. The van der Waals surface area contributed by atoms with E-state index in [9.17, 15) is 13.2 Å². The molecule has 6 heteroatoms. The van der Waals surface area contributed by atoms with Crippen molar-refractivity contribution in [1.82, 2.24) is 10.2 Å². The summed E-state index contributed by atoms with van der Waals surface area (Å²) in [5.41, 5.74) is 0. The number of nitrogens with zero attached hydrogens (tertiary/aromatic N) is 1. The lowest BCUT2D eigenvalue weighted by molar-refractivity contribution is -0.149. The molecule has 1 rings (SSSR count). The number of alkyl halides is 3. The van der Waals surface area contributed by atoms with Crippen molar-refractivity contribution < 1.29 is 18.3 Å². The van der Waals surface area contributed by atoms with Crippen molar-refractivity contribution in [3.8, 4) is 0 Å². The quantitative estimate of drug-likeness (QED) is 0.780. The molecule has 0 aliphatic carbocycles. The van der Waals surface area contributed by atoms with Gasteiger partial charge >= 0.3 is 6.18 Å². The summed E-state index contributed by atoms with van der Waals surface area (Å²) in [6.07, 6.45) is -4.27. The normalized spacial score (nSPS) is 26.1. The minimum atomic E-state index is -4.10. The fourth-order valence-corrected chi connectivity index (χ4v) is 2.65. The summed E-state index contributed by atoms with van der Waals surface area (Å²) in [5, 5.41) is 12.3. The molecular formula is C13H25F3N2O. The van der Waals surface area contributed by atoms with Crippen LogP contribution >= 0.6 is 0 Å². The molecule has 114 valence electrons. The molecule has 0 aromatic rings. The van der Waals surface area contributed by atoms with Crippen LogP contribution in [0.2, 0.25) is 0 Å². The average Bonchev–Trinajstić information content (AvgIpc) is 2.24. The molecule has 0 saturated carbocycles. The van der Waals surface area contributed by atoms with E-state index in [1.807, 2.05) is 4.90 Å². The second-order valence-corrected chi connectivity index (χ2v) is 5.90. The Morgan fingerprint density at radius 2 is 2.00 bits per heavy atom. The summed E-state index contributed by atoms with van der Waals surface area (Å²) in [4.78, 5) is 1.93. The zero-order valence-corrected chi connectivity index (χ0v) is 11.7. The first kappa shape index (κ1) is 16.7. The number of piperidine rings is 1. The highest BCUT2D eigenvalue weighted by molar-refractivity contribution is 4.84. The maximum Gasteiger partial charge on any atom is 0.389 e. The molecular weight excluding hydrogens is 257 g/mol. The van der Waals surface area contributed by atoms with E-state index in [1.54, 1.807) is 0 Å². The highest BCUT2D eigenvalue weighted by Crippen LogP contribution is 2.30. The first-order valence-corrected chi connectivity index (χ1v) is 6.93. The van der Waals surface area contributed by atoms with Crippen LogP contribution in [-0.4, -0.2) is 55.0 Å². The standard InChI is InChI=1S/C13H25F3N2O/c1-10(2)7-17-12-5-11(6-13(14,15)16)8-18(9-12)3-4-19/h10-12,17,19H,3-9H2,1-2H3. The van der Waals surface area contributed by atoms with E-state index in [-0.39, 0.29) is 18.6 Å². The predicted molar refractivity (Wildman–Crippen MR) is 68.9 cm³/mol. The number of rotatable bonds is 6. The molecule has 3 nitrogen and oxygen atoms in total. The Bertz CT molecular complexity index is 259. The predicted octanol–water partition coefficient (Wildman–Crippen LogP) is 1.87. The van der Waals surface area contributed by atoms with E-state index in [1.165, 1.54) is 0 Å². The van der Waals surface area contributed by atoms with E-state index in [0.29, 0.717) is 25.4 Å². The van der Waals surface area contributed by atoms with Gasteiger partial charge in [0.1, 0.15) is 0 Å². The van der Waals surface area contributed by atoms with E-state index >= 15 is 0 Å². The minimum absolute atomic E-state index is 0.00433. The van der Waals surface area contributed by atoms with Crippen LogP contribution in [0.1, 0.15) is 26.7 Å². The number of hydrogen-bond donors (Lipinski definition) is 2. The van der Waals surface area contributed by atoms with E-state index in [0.717, 1.165) is 13.1 Å². The Morgan fingerprint density at radius 1 is 1.32 bits per heavy atom. The second-order valence-electron chi connectivity index (χ2n) is 5.90. The highest BCUT2D eigenvalue weighted by atomic mass is 19.4. The van der Waals surface area contributed by atoms with E-state index in [2.05, 4.69) is 19.2 Å². The fourth-order valence-electron chi connectivity index (χ4n) is 2.65. The van der Waals surface area contributed by atoms with Gasteiger partial charge in [0.25, 0.3) is 0 Å². The summed E-state index contributed by atoms with van der Waals surface area (Å²) in [6.45, 7) is 6.57. The van der Waals surface area contributed by atoms with Gasteiger partial charge in [0, 0.05) is 32.1 Å². The summed E-state index contributed by atoms with van der Waals surface area (Å²) < 4.78 is 37.5. The van der Waals surface area contributed by atoms with Crippen LogP contribution in [-0.2, 0) is 0 Å². The van der Waals surface area contributed by atoms with Crippen LogP contribution in [0.3, 0.4) is 0 Å². The largest absolute Gasteiger partial charge is 0.395 e. The van der Waals surface area contributed by atoms with Gasteiger partial charge in [0.15, 0.2) is 0 Å². The van der Waals surface area contributed by atoms with Gasteiger partial charge in [-0.3, -0.25) is 4.90 Å². The zero-order valence-electron chi connectivity index (χ0n) is 11.7. The number of aliphatic hydroxyl groups is 1. The second kappa shape index (κ2) is 7.45. The lowest BCUT2D eigenvalue weighted by Crippen LogP contribution is -2.51. The summed E-state index contributed by atoms with van der Waals surface area (Å²) in [6, 6.07) is 0.0926. The van der Waals surface area contributed by atoms with Crippen molar-refractivity contribution in [3.05, 3.63) is 0 Å². The molecule has 0 bridgehead atoms. The summed E-state index contributed by atoms with van der Waals surface area (Å²) in [7, 11) is 0. The van der Waals surface area contributed by atoms with Crippen LogP contribution in [0.5, 0.6) is 0 Å². The molecule has 1 fully saturated rings. The zero-order chi connectivity index (χ0) is 14.5. The minimum Gasteiger partial charge on any atom is -0.395 e. The summed E-state index contributed by atoms with van der Waals surface area (Å²) in [5.74, 6) is 0.110. The molecule has 19 heavy (non-hydrogen) atoms. The number of halogens is 3. The van der Waals surface area contributed by atoms with Crippen molar-refractivity contribution in [1.29, 1.82) is 0 Å². The van der Waals surface area contributed by atoms with Crippen molar-refractivity contribution >= 4 is 0 Å². The Kier molecular flexibility index (Phi) is 6.56. The molecule has 2 atom stereocenters. The van der Waals surface area contributed by atoms with Crippen LogP contribution in [0.4, 0.5) is 13.2 Å². The number of nitrogens with one attached hydrogen (secondary N) is 1. The van der Waals surface area contributed by atoms with Gasteiger partial charge in [-0.2, -0.15) is 13.2 Å². The van der Waals surface area contributed by atoms with E-state index < -0.39 is 12.6 Å². The molecule has 0 aromatic carbocycles. The molecule has 1 aliphatic heterocycles. The Hall–Kier alpha value is -0.330. The molecule has 1 saturated heterocycles. The van der Waals surface area contributed by atoms with Crippen molar-refractivity contribution in [2.45, 2.75) is 38.9 Å².